The Bertz CT molecular complexity index is 1000. The van der Waals surface area contributed by atoms with Gasteiger partial charge < -0.3 is 19.5 Å². The monoisotopic (exact) mass is 393 g/mol. The summed E-state index contributed by atoms with van der Waals surface area (Å²) in [6.07, 6.45) is -1.82. The number of anilines is 1. The van der Waals surface area contributed by atoms with Crippen molar-refractivity contribution in [2.45, 2.75) is 26.1 Å². The van der Waals surface area contributed by atoms with Gasteiger partial charge >= 0.3 is 5.97 Å². The van der Waals surface area contributed by atoms with Gasteiger partial charge in [0.25, 0.3) is 5.91 Å². The first-order chi connectivity index (χ1) is 14.0. The first-order valence-corrected chi connectivity index (χ1v) is 9.27. The van der Waals surface area contributed by atoms with Crippen molar-refractivity contribution >= 4 is 28.3 Å². The number of carbonyl (C=O) groups is 2. The zero-order valence-corrected chi connectivity index (χ0v) is 16.5. The van der Waals surface area contributed by atoms with E-state index in [1.54, 1.807) is 38.3 Å². The molecule has 3 aromatic rings. The smallest absolute Gasteiger partial charge is 0.347 e. The number of hydrogen-bond donors (Lipinski definition) is 1. The first-order valence-electron chi connectivity index (χ1n) is 9.27. The van der Waals surface area contributed by atoms with Crippen LogP contribution in [0.15, 0.2) is 66.7 Å². The number of nitrogens with one attached hydrogen (secondary N) is 1. The van der Waals surface area contributed by atoms with E-state index in [1.807, 2.05) is 42.5 Å². The van der Waals surface area contributed by atoms with E-state index in [1.165, 1.54) is 6.92 Å². The minimum atomic E-state index is -0.962. The summed E-state index contributed by atoms with van der Waals surface area (Å²) in [4.78, 5) is 24.7. The lowest BCUT2D eigenvalue weighted by Crippen LogP contribution is -2.35. The summed E-state index contributed by atoms with van der Waals surface area (Å²) in [5.41, 5.74) is 0.638. The van der Waals surface area contributed by atoms with Gasteiger partial charge in [-0.1, -0.05) is 30.3 Å². The lowest BCUT2D eigenvalue weighted by Gasteiger charge is -2.18. The Morgan fingerprint density at radius 2 is 1.48 bits per heavy atom. The maximum absolute atomic E-state index is 12.4. The van der Waals surface area contributed by atoms with Crippen molar-refractivity contribution in [2.75, 3.05) is 12.4 Å². The van der Waals surface area contributed by atoms with Gasteiger partial charge in [0.1, 0.15) is 11.5 Å². The quantitative estimate of drug-likeness (QED) is 0.610. The minimum Gasteiger partial charge on any atom is -0.497 e. The molecule has 0 spiro atoms. The number of carbonyl (C=O) groups excluding carboxylic acids is 2. The average molecular weight is 393 g/mol. The van der Waals surface area contributed by atoms with Crippen LogP contribution in [0.3, 0.4) is 0 Å². The highest BCUT2D eigenvalue weighted by molar-refractivity contribution is 5.97. The van der Waals surface area contributed by atoms with Crippen LogP contribution in [0, 0.1) is 0 Å². The molecule has 0 saturated heterocycles. The molecular formula is C23H23NO5. The van der Waals surface area contributed by atoms with Crippen LogP contribution in [0.25, 0.3) is 10.8 Å². The number of benzene rings is 3. The zero-order valence-electron chi connectivity index (χ0n) is 16.5. The Kier molecular flexibility index (Phi) is 6.34. The van der Waals surface area contributed by atoms with Crippen LogP contribution in [-0.4, -0.2) is 31.2 Å². The van der Waals surface area contributed by atoms with Crippen molar-refractivity contribution in [3.8, 4) is 11.5 Å². The van der Waals surface area contributed by atoms with Gasteiger partial charge in [0.2, 0.25) is 0 Å². The molecule has 0 aliphatic carbocycles. The zero-order chi connectivity index (χ0) is 20.8. The minimum absolute atomic E-state index is 0.412. The molecule has 0 saturated carbocycles. The molecule has 2 unspecified atom stereocenters. The van der Waals surface area contributed by atoms with Crippen molar-refractivity contribution in [3.05, 3.63) is 66.7 Å². The summed E-state index contributed by atoms with van der Waals surface area (Å²) >= 11 is 0. The van der Waals surface area contributed by atoms with Crippen LogP contribution in [0.4, 0.5) is 5.69 Å². The van der Waals surface area contributed by atoms with Gasteiger partial charge in [0.15, 0.2) is 12.2 Å². The third-order valence-corrected chi connectivity index (χ3v) is 4.38. The van der Waals surface area contributed by atoms with E-state index in [9.17, 15) is 9.59 Å². The Hall–Kier alpha value is -3.54. The SMILES string of the molecule is COc1ccc(OC(C)C(=O)OC(C)C(=O)Nc2ccc3ccccc3c2)cc1. The number of esters is 1. The van der Waals surface area contributed by atoms with E-state index in [0.29, 0.717) is 17.2 Å². The standard InChI is InChI=1S/C23H23NO5/c1-15(22(25)24-19-9-8-17-6-4-5-7-18(17)14-19)29-23(26)16(2)28-21-12-10-20(27-3)11-13-21/h4-16H,1-3H3,(H,24,25). The number of fused-ring (bicyclic) bond motifs is 1. The fourth-order valence-corrected chi connectivity index (χ4v) is 2.74. The molecule has 0 aromatic heterocycles. The van der Waals surface area contributed by atoms with Crippen molar-refractivity contribution in [1.82, 2.24) is 0 Å². The predicted molar refractivity (Wildman–Crippen MR) is 111 cm³/mol. The number of ether oxygens (including phenoxy) is 3. The molecule has 0 aliphatic heterocycles. The first kappa shape index (κ1) is 20.2. The highest BCUT2D eigenvalue weighted by Gasteiger charge is 2.23. The third-order valence-electron chi connectivity index (χ3n) is 4.38. The second-order valence-electron chi connectivity index (χ2n) is 6.57. The van der Waals surface area contributed by atoms with E-state index in [4.69, 9.17) is 14.2 Å². The van der Waals surface area contributed by atoms with Gasteiger partial charge in [0, 0.05) is 5.69 Å². The van der Waals surface area contributed by atoms with Crippen molar-refractivity contribution < 1.29 is 23.8 Å². The largest absolute Gasteiger partial charge is 0.497 e. The highest BCUT2D eigenvalue weighted by atomic mass is 16.6. The maximum atomic E-state index is 12.4. The van der Waals surface area contributed by atoms with Gasteiger partial charge in [-0.3, -0.25) is 4.79 Å². The molecule has 150 valence electrons. The van der Waals surface area contributed by atoms with Crippen LogP contribution in [0.2, 0.25) is 0 Å². The fourth-order valence-electron chi connectivity index (χ4n) is 2.74. The van der Waals surface area contributed by atoms with Crippen LogP contribution in [0.1, 0.15) is 13.8 Å². The average Bonchev–Trinajstić information content (AvgIpc) is 2.74. The van der Waals surface area contributed by atoms with Gasteiger partial charge in [-0.25, -0.2) is 4.79 Å². The maximum Gasteiger partial charge on any atom is 0.347 e. The normalized spacial score (nSPS) is 12.7. The molecule has 3 aromatic carbocycles. The summed E-state index contributed by atoms with van der Waals surface area (Å²) in [6, 6.07) is 20.3. The fraction of sp³-hybridized carbons (Fsp3) is 0.217. The van der Waals surface area contributed by atoms with Crippen LogP contribution >= 0.6 is 0 Å². The molecular weight excluding hydrogens is 370 g/mol. The number of amides is 1. The Morgan fingerprint density at radius 3 is 2.17 bits per heavy atom. The van der Waals surface area contributed by atoms with E-state index >= 15 is 0 Å². The second-order valence-corrected chi connectivity index (χ2v) is 6.57. The van der Waals surface area contributed by atoms with Gasteiger partial charge in [-0.05, 0) is 61.0 Å². The van der Waals surface area contributed by atoms with E-state index in [2.05, 4.69) is 5.32 Å². The summed E-state index contributed by atoms with van der Waals surface area (Å²) in [7, 11) is 1.57. The third kappa shape index (κ3) is 5.25. The Balaban J connectivity index is 1.55. The van der Waals surface area contributed by atoms with Crippen molar-refractivity contribution in [2.24, 2.45) is 0 Å². The molecule has 1 N–H and O–H groups in total. The summed E-state index contributed by atoms with van der Waals surface area (Å²) in [6.45, 7) is 3.09. The number of methoxy groups -OCH3 is 1. The van der Waals surface area contributed by atoms with E-state index < -0.39 is 24.1 Å². The lowest BCUT2D eigenvalue weighted by molar-refractivity contribution is -0.159. The summed E-state index contributed by atoms with van der Waals surface area (Å²) < 4.78 is 15.9. The molecule has 0 fully saturated rings. The van der Waals surface area contributed by atoms with E-state index in [-0.39, 0.29) is 0 Å². The Labute approximate surface area is 169 Å². The van der Waals surface area contributed by atoms with Crippen LogP contribution in [0.5, 0.6) is 11.5 Å². The molecule has 0 radical (unpaired) electrons. The number of hydrogen-bond acceptors (Lipinski definition) is 5. The van der Waals surface area contributed by atoms with Crippen LogP contribution in [-0.2, 0) is 14.3 Å². The van der Waals surface area contributed by atoms with Gasteiger partial charge in [-0.15, -0.1) is 0 Å². The molecule has 1 amide bonds. The molecule has 0 aliphatic rings. The summed E-state index contributed by atoms with van der Waals surface area (Å²) in [5, 5.41) is 4.86. The van der Waals surface area contributed by atoms with Gasteiger partial charge in [-0.2, -0.15) is 0 Å². The molecule has 29 heavy (non-hydrogen) atoms. The van der Waals surface area contributed by atoms with Crippen molar-refractivity contribution in [1.29, 1.82) is 0 Å². The Morgan fingerprint density at radius 1 is 0.828 bits per heavy atom. The van der Waals surface area contributed by atoms with Crippen LogP contribution < -0.4 is 14.8 Å². The molecule has 6 nitrogen and oxygen atoms in total. The topological polar surface area (TPSA) is 73.9 Å². The molecule has 2 atom stereocenters. The molecule has 3 rings (SSSR count). The summed E-state index contributed by atoms with van der Waals surface area (Å²) in [5.74, 6) is 0.155. The van der Waals surface area contributed by atoms with E-state index in [0.717, 1.165) is 10.8 Å². The molecule has 6 heteroatoms. The van der Waals surface area contributed by atoms with Crippen molar-refractivity contribution in [3.63, 3.8) is 0 Å². The number of rotatable bonds is 7. The lowest BCUT2D eigenvalue weighted by atomic mass is 10.1. The highest BCUT2D eigenvalue weighted by Crippen LogP contribution is 2.20. The molecule has 0 bridgehead atoms. The predicted octanol–water partition coefficient (Wildman–Crippen LogP) is 4.19. The molecule has 0 heterocycles. The second kappa shape index (κ2) is 9.10. The van der Waals surface area contributed by atoms with Gasteiger partial charge in [0.05, 0.1) is 7.11 Å².